The number of pyridine rings is 2. The molecule has 33 heavy (non-hydrogen) atoms. The van der Waals surface area contributed by atoms with Gasteiger partial charge in [0.1, 0.15) is 17.3 Å². The Morgan fingerprint density at radius 2 is 1.88 bits per heavy atom. The predicted molar refractivity (Wildman–Crippen MR) is 122 cm³/mol. The molecule has 1 aromatic carbocycles. The highest BCUT2D eigenvalue weighted by Crippen LogP contribution is 2.16. The van der Waals surface area contributed by atoms with Gasteiger partial charge in [-0.15, -0.1) is 0 Å². The number of nitrogens with one attached hydrogen (secondary N) is 1. The highest BCUT2D eigenvalue weighted by atomic mass is 35.5. The molecule has 0 spiro atoms. The quantitative estimate of drug-likeness (QED) is 0.460. The predicted octanol–water partition coefficient (Wildman–Crippen LogP) is 1.84. The number of fused-ring (bicyclic) bond motifs is 1. The molecule has 3 aromatic heterocycles. The number of aromatic nitrogens is 4. The first kappa shape index (κ1) is 22.2. The maximum absolute atomic E-state index is 13.5. The second-order valence-electron chi connectivity index (χ2n) is 7.34. The van der Waals surface area contributed by atoms with E-state index in [9.17, 15) is 18.8 Å². The SMILES string of the molecule is Cn1c(=O)n(Cc2ccc(F)c(Cl)c2)c(=O)c2cc(C(=O)NCc3ccc(N)nc3)ncc21. The van der Waals surface area contributed by atoms with Crippen molar-refractivity contribution in [3.63, 3.8) is 0 Å². The molecule has 0 saturated heterocycles. The van der Waals surface area contributed by atoms with Crippen LogP contribution in [0.1, 0.15) is 21.6 Å². The smallest absolute Gasteiger partial charge is 0.331 e. The van der Waals surface area contributed by atoms with E-state index in [1.165, 1.54) is 36.0 Å². The normalized spacial score (nSPS) is 11.0. The fourth-order valence-electron chi connectivity index (χ4n) is 3.30. The highest BCUT2D eigenvalue weighted by molar-refractivity contribution is 6.30. The van der Waals surface area contributed by atoms with E-state index in [4.69, 9.17) is 17.3 Å². The molecule has 0 unspecified atom stereocenters. The zero-order chi connectivity index (χ0) is 23.7. The number of nitrogens with zero attached hydrogens (tertiary/aromatic N) is 4. The third-order valence-electron chi connectivity index (χ3n) is 5.10. The van der Waals surface area contributed by atoms with Gasteiger partial charge in [-0.25, -0.2) is 19.2 Å². The van der Waals surface area contributed by atoms with E-state index < -0.39 is 23.0 Å². The zero-order valence-electron chi connectivity index (χ0n) is 17.4. The molecular formula is C22H18ClFN6O3. The summed E-state index contributed by atoms with van der Waals surface area (Å²) in [5, 5.41) is 2.73. The first-order valence-corrected chi connectivity index (χ1v) is 10.1. The Balaban J connectivity index is 1.68. The molecular weight excluding hydrogens is 451 g/mol. The summed E-state index contributed by atoms with van der Waals surface area (Å²) in [7, 11) is 1.49. The van der Waals surface area contributed by atoms with Crippen LogP contribution in [-0.2, 0) is 20.1 Å². The summed E-state index contributed by atoms with van der Waals surface area (Å²) >= 11 is 5.81. The molecule has 0 radical (unpaired) electrons. The van der Waals surface area contributed by atoms with E-state index in [0.29, 0.717) is 11.4 Å². The topological polar surface area (TPSA) is 125 Å². The number of carbonyl (C=O) groups excluding carboxylic acids is 1. The van der Waals surface area contributed by atoms with Crippen molar-refractivity contribution in [2.24, 2.45) is 7.05 Å². The van der Waals surface area contributed by atoms with Gasteiger partial charge in [0.05, 0.1) is 28.7 Å². The lowest BCUT2D eigenvalue weighted by atomic mass is 10.2. The summed E-state index contributed by atoms with van der Waals surface area (Å²) < 4.78 is 15.7. The average molecular weight is 469 g/mol. The van der Waals surface area contributed by atoms with Crippen molar-refractivity contribution in [3.8, 4) is 0 Å². The number of rotatable bonds is 5. The van der Waals surface area contributed by atoms with Crippen molar-refractivity contribution in [3.05, 3.63) is 97.3 Å². The van der Waals surface area contributed by atoms with E-state index in [2.05, 4.69) is 15.3 Å². The molecule has 11 heteroatoms. The Morgan fingerprint density at radius 1 is 1.12 bits per heavy atom. The maximum Gasteiger partial charge on any atom is 0.331 e. The molecule has 1 amide bonds. The van der Waals surface area contributed by atoms with Crippen LogP contribution in [0, 0.1) is 5.82 Å². The largest absolute Gasteiger partial charge is 0.384 e. The fourth-order valence-corrected chi connectivity index (χ4v) is 3.50. The molecule has 0 aliphatic rings. The molecule has 0 bridgehead atoms. The van der Waals surface area contributed by atoms with Gasteiger partial charge in [-0.3, -0.25) is 18.7 Å². The summed E-state index contributed by atoms with van der Waals surface area (Å²) in [6.45, 7) is 0.0735. The van der Waals surface area contributed by atoms with Gasteiger partial charge in [0, 0.05) is 19.8 Å². The Labute approximate surface area is 191 Å². The molecule has 0 saturated carbocycles. The van der Waals surface area contributed by atoms with Gasteiger partial charge in [-0.1, -0.05) is 23.7 Å². The van der Waals surface area contributed by atoms with Crippen LogP contribution >= 0.6 is 11.6 Å². The molecule has 4 aromatic rings. The van der Waals surface area contributed by atoms with Crippen molar-refractivity contribution < 1.29 is 9.18 Å². The minimum absolute atomic E-state index is 0.0121. The van der Waals surface area contributed by atoms with Gasteiger partial charge in [-0.05, 0) is 35.4 Å². The number of amides is 1. The zero-order valence-corrected chi connectivity index (χ0v) is 18.1. The second kappa shape index (κ2) is 8.83. The molecule has 9 nitrogen and oxygen atoms in total. The molecule has 0 aliphatic carbocycles. The molecule has 0 aliphatic heterocycles. The number of nitrogen functional groups attached to an aromatic ring is 1. The number of anilines is 1. The van der Waals surface area contributed by atoms with Gasteiger partial charge >= 0.3 is 5.69 Å². The third kappa shape index (κ3) is 4.46. The van der Waals surface area contributed by atoms with Crippen LogP contribution in [0.25, 0.3) is 10.9 Å². The minimum atomic E-state index is -0.604. The number of carbonyl (C=O) groups is 1. The molecule has 0 atom stereocenters. The number of aryl methyl sites for hydroxylation is 1. The maximum atomic E-state index is 13.5. The van der Waals surface area contributed by atoms with Crippen molar-refractivity contribution in [1.29, 1.82) is 0 Å². The number of halogens is 2. The minimum Gasteiger partial charge on any atom is -0.384 e. The van der Waals surface area contributed by atoms with E-state index >= 15 is 0 Å². The Kier molecular flexibility index (Phi) is 5.93. The Hall–Kier alpha value is -4.05. The van der Waals surface area contributed by atoms with E-state index in [1.54, 1.807) is 18.3 Å². The summed E-state index contributed by atoms with van der Waals surface area (Å²) in [4.78, 5) is 46.5. The summed E-state index contributed by atoms with van der Waals surface area (Å²) in [6.07, 6.45) is 2.84. The van der Waals surface area contributed by atoms with Crippen LogP contribution in [0.3, 0.4) is 0 Å². The van der Waals surface area contributed by atoms with Gasteiger partial charge in [-0.2, -0.15) is 0 Å². The average Bonchev–Trinajstić information content (AvgIpc) is 2.81. The summed E-state index contributed by atoms with van der Waals surface area (Å²) in [5.41, 5.74) is 5.87. The molecule has 0 fully saturated rings. The van der Waals surface area contributed by atoms with E-state index in [-0.39, 0.29) is 34.7 Å². The fraction of sp³-hybridized carbons (Fsp3) is 0.136. The van der Waals surface area contributed by atoms with Crippen LogP contribution in [-0.4, -0.2) is 25.0 Å². The van der Waals surface area contributed by atoms with Crippen LogP contribution in [0.2, 0.25) is 5.02 Å². The lowest BCUT2D eigenvalue weighted by Crippen LogP contribution is -2.39. The van der Waals surface area contributed by atoms with Crippen molar-refractivity contribution in [1.82, 2.24) is 24.4 Å². The lowest BCUT2D eigenvalue weighted by molar-refractivity contribution is 0.0946. The molecule has 3 heterocycles. The van der Waals surface area contributed by atoms with Crippen LogP contribution in [0.5, 0.6) is 0 Å². The van der Waals surface area contributed by atoms with Crippen molar-refractivity contribution >= 4 is 34.2 Å². The number of nitrogens with two attached hydrogens (primary N) is 1. The van der Waals surface area contributed by atoms with E-state index in [1.807, 2.05) is 0 Å². The summed E-state index contributed by atoms with van der Waals surface area (Å²) in [5.74, 6) is -0.736. The monoisotopic (exact) mass is 468 g/mol. The van der Waals surface area contributed by atoms with Gasteiger partial charge in [0.15, 0.2) is 0 Å². The van der Waals surface area contributed by atoms with E-state index in [0.717, 1.165) is 16.2 Å². The first-order chi connectivity index (χ1) is 15.7. The number of hydrogen-bond donors (Lipinski definition) is 2. The van der Waals surface area contributed by atoms with Crippen LogP contribution < -0.4 is 22.3 Å². The standard InChI is InChI=1S/C22H18ClFN6O3/c1-29-18-10-26-17(20(31)28-9-13-3-5-19(25)27-8-13)7-14(18)21(32)30(22(29)33)11-12-2-4-16(24)15(23)6-12/h2-8,10H,9,11H2,1H3,(H2,25,27)(H,28,31). The molecule has 3 N–H and O–H groups in total. The number of hydrogen-bond acceptors (Lipinski definition) is 6. The Bertz CT molecular complexity index is 1500. The van der Waals surface area contributed by atoms with Crippen LogP contribution in [0.4, 0.5) is 10.2 Å². The Morgan fingerprint density at radius 3 is 2.58 bits per heavy atom. The first-order valence-electron chi connectivity index (χ1n) is 9.76. The highest BCUT2D eigenvalue weighted by Gasteiger charge is 2.16. The summed E-state index contributed by atoms with van der Waals surface area (Å²) in [6, 6.07) is 8.64. The third-order valence-corrected chi connectivity index (χ3v) is 5.39. The van der Waals surface area contributed by atoms with Crippen LogP contribution in [0.15, 0.2) is 58.4 Å². The molecule has 4 rings (SSSR count). The van der Waals surface area contributed by atoms with Crippen molar-refractivity contribution in [2.75, 3.05) is 5.73 Å². The van der Waals surface area contributed by atoms with Gasteiger partial charge < -0.3 is 11.1 Å². The second-order valence-corrected chi connectivity index (χ2v) is 7.75. The van der Waals surface area contributed by atoms with Gasteiger partial charge in [0.25, 0.3) is 11.5 Å². The van der Waals surface area contributed by atoms with Crippen molar-refractivity contribution in [2.45, 2.75) is 13.1 Å². The molecule has 168 valence electrons. The lowest BCUT2D eigenvalue weighted by Gasteiger charge is -2.12. The number of benzene rings is 1. The van der Waals surface area contributed by atoms with Gasteiger partial charge in [0.2, 0.25) is 0 Å².